The van der Waals surface area contributed by atoms with E-state index in [9.17, 15) is 9.90 Å². The number of carboxylic acids is 1. The lowest BCUT2D eigenvalue weighted by molar-refractivity contribution is -0.141. The number of rotatable bonds is 7. The van der Waals surface area contributed by atoms with Gasteiger partial charge < -0.3 is 9.84 Å². The highest BCUT2D eigenvalue weighted by Crippen LogP contribution is 2.41. The van der Waals surface area contributed by atoms with E-state index in [0.29, 0.717) is 18.1 Å². The Balaban J connectivity index is 1.35. The van der Waals surface area contributed by atoms with Crippen molar-refractivity contribution in [1.29, 1.82) is 0 Å². The molecule has 4 heteroatoms. The van der Waals surface area contributed by atoms with Crippen molar-refractivity contribution in [2.45, 2.75) is 71.9 Å². The average molecular weight is 424 g/mol. The molecule has 1 atom stereocenters. The zero-order valence-electron chi connectivity index (χ0n) is 19.3. The summed E-state index contributed by atoms with van der Waals surface area (Å²) < 4.78 is 6.37. The maximum absolute atomic E-state index is 11.2. The van der Waals surface area contributed by atoms with Crippen LogP contribution in [0, 0.1) is 17.3 Å². The van der Waals surface area contributed by atoms with E-state index in [-0.39, 0.29) is 5.92 Å². The van der Waals surface area contributed by atoms with Crippen LogP contribution in [0.3, 0.4) is 0 Å². The van der Waals surface area contributed by atoms with Gasteiger partial charge in [0.05, 0.1) is 12.0 Å². The standard InChI is InChI=1S/C27H37NO3/c1-4-27(2,3)23-8-11-24(12-9-23)31-25-10-7-20-15-19(5-6-21(20)16-25)17-28-14-13-22(18-28)26(29)30/h5-7,10,15-16,22-24H,4,8-9,11-14,17-18H2,1-3H3,(H,29,30)/t22-,23?,24?/m1/s1. The highest BCUT2D eigenvalue weighted by Gasteiger charge is 2.32. The van der Waals surface area contributed by atoms with Crippen LogP contribution < -0.4 is 4.74 Å². The van der Waals surface area contributed by atoms with Crippen molar-refractivity contribution in [2.75, 3.05) is 13.1 Å². The zero-order valence-corrected chi connectivity index (χ0v) is 19.3. The molecule has 2 fully saturated rings. The van der Waals surface area contributed by atoms with Gasteiger partial charge in [-0.3, -0.25) is 9.69 Å². The topological polar surface area (TPSA) is 49.8 Å². The fourth-order valence-corrected chi connectivity index (χ4v) is 5.32. The molecular weight excluding hydrogens is 386 g/mol. The normalized spacial score (nSPS) is 25.1. The molecule has 1 heterocycles. The Kier molecular flexibility index (Phi) is 6.57. The number of likely N-dealkylation sites (tertiary alicyclic amines) is 1. The average Bonchev–Trinajstić information content (AvgIpc) is 3.23. The number of fused-ring (bicyclic) bond motifs is 1. The molecule has 4 nitrogen and oxygen atoms in total. The first-order valence-electron chi connectivity index (χ1n) is 12.0. The number of carboxylic acid groups (broad SMARTS) is 1. The molecule has 1 N–H and O–H groups in total. The second-order valence-corrected chi connectivity index (χ2v) is 10.3. The van der Waals surface area contributed by atoms with E-state index in [4.69, 9.17) is 4.74 Å². The monoisotopic (exact) mass is 423 g/mol. The lowest BCUT2D eigenvalue weighted by Gasteiger charge is -2.38. The molecule has 1 saturated heterocycles. The van der Waals surface area contributed by atoms with E-state index in [2.05, 4.69) is 62.1 Å². The largest absolute Gasteiger partial charge is 0.490 e. The Hall–Kier alpha value is -2.07. The third kappa shape index (κ3) is 5.23. The van der Waals surface area contributed by atoms with Gasteiger partial charge in [-0.05, 0) is 84.5 Å². The minimum atomic E-state index is -0.670. The quantitative estimate of drug-likeness (QED) is 0.583. The maximum atomic E-state index is 11.2. The minimum absolute atomic E-state index is 0.219. The molecular formula is C27H37NO3. The van der Waals surface area contributed by atoms with Gasteiger partial charge in [-0.15, -0.1) is 0 Å². The smallest absolute Gasteiger partial charge is 0.307 e. The van der Waals surface area contributed by atoms with Gasteiger partial charge in [0.2, 0.25) is 0 Å². The summed E-state index contributed by atoms with van der Waals surface area (Å²) in [5.74, 6) is 0.899. The maximum Gasteiger partial charge on any atom is 0.307 e. The molecule has 31 heavy (non-hydrogen) atoms. The molecule has 1 aliphatic carbocycles. The SMILES string of the molecule is CCC(C)(C)C1CCC(Oc2ccc3cc(CN4CC[C@@H](C(=O)O)C4)ccc3c2)CC1. The van der Waals surface area contributed by atoms with Gasteiger partial charge in [0.15, 0.2) is 0 Å². The number of hydrogen-bond acceptors (Lipinski definition) is 3. The van der Waals surface area contributed by atoms with Crippen molar-refractivity contribution < 1.29 is 14.6 Å². The van der Waals surface area contributed by atoms with Crippen molar-refractivity contribution in [3.8, 4) is 5.75 Å². The van der Waals surface area contributed by atoms with Crippen LogP contribution in [0.4, 0.5) is 0 Å². The van der Waals surface area contributed by atoms with Gasteiger partial charge in [0.1, 0.15) is 5.75 Å². The van der Waals surface area contributed by atoms with Crippen LogP contribution in [0.5, 0.6) is 5.75 Å². The van der Waals surface area contributed by atoms with Crippen LogP contribution in [-0.2, 0) is 11.3 Å². The number of ether oxygens (including phenoxy) is 1. The first-order valence-corrected chi connectivity index (χ1v) is 12.0. The highest BCUT2D eigenvalue weighted by atomic mass is 16.5. The molecule has 1 saturated carbocycles. The Morgan fingerprint density at radius 1 is 1.06 bits per heavy atom. The van der Waals surface area contributed by atoms with E-state index in [1.54, 1.807) is 0 Å². The van der Waals surface area contributed by atoms with Gasteiger partial charge in [0.25, 0.3) is 0 Å². The molecule has 2 aliphatic rings. The van der Waals surface area contributed by atoms with Crippen molar-refractivity contribution in [3.05, 3.63) is 42.0 Å². The number of nitrogens with zero attached hydrogens (tertiary/aromatic N) is 1. The third-order valence-electron chi connectivity index (χ3n) is 7.90. The Bertz CT molecular complexity index is 914. The highest BCUT2D eigenvalue weighted by molar-refractivity contribution is 5.84. The summed E-state index contributed by atoms with van der Waals surface area (Å²) in [7, 11) is 0. The fraction of sp³-hybridized carbons (Fsp3) is 0.593. The lowest BCUT2D eigenvalue weighted by Crippen LogP contribution is -2.31. The van der Waals surface area contributed by atoms with Crippen LogP contribution in [-0.4, -0.2) is 35.2 Å². The van der Waals surface area contributed by atoms with Gasteiger partial charge in [0, 0.05) is 13.1 Å². The molecule has 2 aromatic rings. The Morgan fingerprint density at radius 2 is 1.77 bits per heavy atom. The first-order chi connectivity index (χ1) is 14.8. The van der Waals surface area contributed by atoms with Gasteiger partial charge in [-0.25, -0.2) is 0 Å². The predicted molar refractivity (Wildman–Crippen MR) is 125 cm³/mol. The summed E-state index contributed by atoms with van der Waals surface area (Å²) in [6, 6.07) is 13.0. The van der Waals surface area contributed by atoms with Crippen molar-refractivity contribution in [2.24, 2.45) is 17.3 Å². The lowest BCUT2D eigenvalue weighted by atomic mass is 9.69. The molecule has 0 spiro atoms. The number of benzene rings is 2. The summed E-state index contributed by atoms with van der Waals surface area (Å²) in [5.41, 5.74) is 1.68. The fourth-order valence-electron chi connectivity index (χ4n) is 5.32. The summed E-state index contributed by atoms with van der Waals surface area (Å²) >= 11 is 0. The Morgan fingerprint density at radius 3 is 2.45 bits per heavy atom. The van der Waals surface area contributed by atoms with Crippen LogP contribution in [0.2, 0.25) is 0 Å². The molecule has 168 valence electrons. The number of carbonyl (C=O) groups is 1. The van der Waals surface area contributed by atoms with E-state index < -0.39 is 5.97 Å². The second kappa shape index (κ2) is 9.20. The van der Waals surface area contributed by atoms with Crippen LogP contribution in [0.1, 0.15) is 64.9 Å². The second-order valence-electron chi connectivity index (χ2n) is 10.3. The van der Waals surface area contributed by atoms with Crippen LogP contribution >= 0.6 is 0 Å². The van der Waals surface area contributed by atoms with E-state index >= 15 is 0 Å². The van der Waals surface area contributed by atoms with Gasteiger partial charge >= 0.3 is 5.97 Å². The number of aliphatic carboxylic acids is 1. The number of hydrogen-bond donors (Lipinski definition) is 1. The molecule has 0 aromatic heterocycles. The summed E-state index contributed by atoms with van der Waals surface area (Å²) in [6.07, 6.45) is 7.16. The molecule has 2 aromatic carbocycles. The molecule has 0 radical (unpaired) electrons. The van der Waals surface area contributed by atoms with Crippen molar-refractivity contribution in [3.63, 3.8) is 0 Å². The molecule has 4 rings (SSSR count). The molecule has 0 bridgehead atoms. The summed E-state index contributed by atoms with van der Waals surface area (Å²) in [5, 5.41) is 11.6. The minimum Gasteiger partial charge on any atom is -0.490 e. The summed E-state index contributed by atoms with van der Waals surface area (Å²) in [6.45, 7) is 9.45. The van der Waals surface area contributed by atoms with Crippen molar-refractivity contribution >= 4 is 16.7 Å². The molecule has 0 amide bonds. The third-order valence-corrected chi connectivity index (χ3v) is 7.90. The van der Waals surface area contributed by atoms with Gasteiger partial charge in [-0.2, -0.15) is 0 Å². The zero-order chi connectivity index (χ0) is 22.0. The first kappa shape index (κ1) is 22.1. The molecule has 1 aliphatic heterocycles. The van der Waals surface area contributed by atoms with Crippen LogP contribution in [0.15, 0.2) is 36.4 Å². The van der Waals surface area contributed by atoms with Gasteiger partial charge in [-0.1, -0.05) is 45.4 Å². The van der Waals surface area contributed by atoms with E-state index in [0.717, 1.165) is 44.0 Å². The van der Waals surface area contributed by atoms with Crippen molar-refractivity contribution in [1.82, 2.24) is 4.90 Å². The summed E-state index contributed by atoms with van der Waals surface area (Å²) in [4.78, 5) is 13.4. The predicted octanol–water partition coefficient (Wildman–Crippen LogP) is 6.12. The van der Waals surface area contributed by atoms with E-state index in [1.165, 1.54) is 35.6 Å². The molecule has 0 unspecified atom stereocenters. The van der Waals surface area contributed by atoms with E-state index in [1.807, 2.05) is 0 Å². The Labute approximate surface area is 186 Å². The van der Waals surface area contributed by atoms with Crippen LogP contribution in [0.25, 0.3) is 10.8 Å².